The third-order valence-corrected chi connectivity index (χ3v) is 4.26. The van der Waals surface area contributed by atoms with Crippen LogP contribution in [0.25, 0.3) is 6.08 Å². The number of anilines is 1. The van der Waals surface area contributed by atoms with Crippen LogP contribution >= 0.6 is 0 Å². The Bertz CT molecular complexity index is 857. The van der Waals surface area contributed by atoms with Crippen molar-refractivity contribution in [2.24, 2.45) is 0 Å². The van der Waals surface area contributed by atoms with Crippen LogP contribution in [0.15, 0.2) is 48.5 Å². The van der Waals surface area contributed by atoms with Gasteiger partial charge >= 0.3 is 0 Å². The molecule has 0 bridgehead atoms. The second-order valence-corrected chi connectivity index (χ2v) is 6.00. The smallest absolute Gasteiger partial charge is 0.253 e. The van der Waals surface area contributed by atoms with E-state index < -0.39 is 0 Å². The molecule has 0 aliphatic heterocycles. The molecule has 0 aliphatic rings. The van der Waals surface area contributed by atoms with Crippen molar-refractivity contribution in [3.05, 3.63) is 59.7 Å². The van der Waals surface area contributed by atoms with Crippen LogP contribution in [0.2, 0.25) is 0 Å². The molecular formula is C22H26N2O4. The maximum Gasteiger partial charge on any atom is 0.253 e. The SMILES string of the molecule is CCN(CC)C(=O)c1cccc(NC(=O)/C=C/c2ccc(OC)c(OC)c2)c1. The minimum atomic E-state index is -0.290. The van der Waals surface area contributed by atoms with Crippen molar-refractivity contribution < 1.29 is 19.1 Å². The van der Waals surface area contributed by atoms with E-state index in [0.717, 1.165) is 5.56 Å². The van der Waals surface area contributed by atoms with Crippen LogP contribution in [-0.2, 0) is 4.79 Å². The molecular weight excluding hydrogens is 356 g/mol. The molecule has 0 saturated carbocycles. The van der Waals surface area contributed by atoms with Crippen LogP contribution in [0.1, 0.15) is 29.8 Å². The lowest BCUT2D eigenvalue weighted by Crippen LogP contribution is -2.30. The summed E-state index contributed by atoms with van der Waals surface area (Å²) in [5, 5.41) is 2.78. The highest BCUT2D eigenvalue weighted by Crippen LogP contribution is 2.28. The van der Waals surface area contributed by atoms with Gasteiger partial charge < -0.3 is 19.7 Å². The van der Waals surface area contributed by atoms with Gasteiger partial charge in [0.05, 0.1) is 14.2 Å². The fourth-order valence-electron chi connectivity index (χ4n) is 2.74. The zero-order valence-electron chi connectivity index (χ0n) is 16.7. The Labute approximate surface area is 165 Å². The molecule has 0 heterocycles. The summed E-state index contributed by atoms with van der Waals surface area (Å²) in [5.74, 6) is 0.871. The molecule has 148 valence electrons. The Morgan fingerprint density at radius 3 is 2.36 bits per heavy atom. The first-order valence-corrected chi connectivity index (χ1v) is 9.12. The molecule has 28 heavy (non-hydrogen) atoms. The summed E-state index contributed by atoms with van der Waals surface area (Å²) in [6.07, 6.45) is 3.11. The highest BCUT2D eigenvalue weighted by molar-refractivity contribution is 6.03. The number of hydrogen-bond donors (Lipinski definition) is 1. The summed E-state index contributed by atoms with van der Waals surface area (Å²) < 4.78 is 10.5. The number of rotatable bonds is 8. The number of nitrogens with one attached hydrogen (secondary N) is 1. The lowest BCUT2D eigenvalue weighted by molar-refractivity contribution is -0.111. The number of benzene rings is 2. The van der Waals surface area contributed by atoms with Crippen molar-refractivity contribution in [2.75, 3.05) is 32.6 Å². The van der Waals surface area contributed by atoms with Gasteiger partial charge in [-0.1, -0.05) is 12.1 Å². The topological polar surface area (TPSA) is 67.9 Å². The standard InChI is InChI=1S/C22H26N2O4/c1-5-24(6-2)22(26)17-8-7-9-18(15-17)23-21(25)13-11-16-10-12-19(27-3)20(14-16)28-4/h7-15H,5-6H2,1-4H3,(H,23,25)/b13-11+. The van der Waals surface area contributed by atoms with Crippen LogP contribution in [0.4, 0.5) is 5.69 Å². The van der Waals surface area contributed by atoms with Gasteiger partial charge in [-0.3, -0.25) is 9.59 Å². The van der Waals surface area contributed by atoms with E-state index in [4.69, 9.17) is 9.47 Å². The number of hydrogen-bond acceptors (Lipinski definition) is 4. The van der Waals surface area contributed by atoms with Crippen molar-refractivity contribution in [2.45, 2.75) is 13.8 Å². The third-order valence-electron chi connectivity index (χ3n) is 4.26. The lowest BCUT2D eigenvalue weighted by atomic mass is 10.1. The van der Waals surface area contributed by atoms with E-state index in [-0.39, 0.29) is 11.8 Å². The summed E-state index contributed by atoms with van der Waals surface area (Å²) in [4.78, 5) is 26.4. The van der Waals surface area contributed by atoms with E-state index in [1.54, 1.807) is 61.6 Å². The Hall–Kier alpha value is -3.28. The largest absolute Gasteiger partial charge is 0.493 e. The number of methoxy groups -OCH3 is 2. The van der Waals surface area contributed by atoms with Gasteiger partial charge in [0.1, 0.15) is 0 Å². The zero-order valence-corrected chi connectivity index (χ0v) is 16.7. The van der Waals surface area contributed by atoms with E-state index in [2.05, 4.69) is 5.32 Å². The number of carbonyl (C=O) groups is 2. The second kappa shape index (κ2) is 10.2. The van der Waals surface area contributed by atoms with Gasteiger partial charge in [0.25, 0.3) is 5.91 Å². The van der Waals surface area contributed by atoms with Crippen molar-refractivity contribution in [1.29, 1.82) is 0 Å². The summed E-state index contributed by atoms with van der Waals surface area (Å²) in [6.45, 7) is 5.15. The number of nitrogens with zero attached hydrogens (tertiary/aromatic N) is 1. The van der Waals surface area contributed by atoms with Crippen LogP contribution in [0.3, 0.4) is 0 Å². The summed E-state index contributed by atoms with van der Waals surface area (Å²) >= 11 is 0. The average Bonchev–Trinajstić information content (AvgIpc) is 2.73. The molecule has 0 fully saturated rings. The molecule has 0 saturated heterocycles. The first-order chi connectivity index (χ1) is 13.5. The minimum absolute atomic E-state index is 0.0537. The Morgan fingerprint density at radius 2 is 1.71 bits per heavy atom. The van der Waals surface area contributed by atoms with E-state index in [1.165, 1.54) is 6.08 Å². The van der Waals surface area contributed by atoms with Gasteiger partial charge in [0, 0.05) is 30.4 Å². The van der Waals surface area contributed by atoms with Crippen molar-refractivity contribution in [1.82, 2.24) is 4.90 Å². The Kier molecular flexibility index (Phi) is 7.63. The summed E-state index contributed by atoms with van der Waals surface area (Å²) in [6, 6.07) is 12.3. The van der Waals surface area contributed by atoms with E-state index in [9.17, 15) is 9.59 Å². The molecule has 1 N–H and O–H groups in total. The van der Waals surface area contributed by atoms with Gasteiger partial charge in [0.15, 0.2) is 11.5 Å². The second-order valence-electron chi connectivity index (χ2n) is 6.00. The average molecular weight is 382 g/mol. The summed E-state index contributed by atoms with van der Waals surface area (Å²) in [5.41, 5.74) is 1.92. The Balaban J connectivity index is 2.08. The van der Waals surface area contributed by atoms with Crippen molar-refractivity contribution in [3.8, 4) is 11.5 Å². The summed E-state index contributed by atoms with van der Waals surface area (Å²) in [7, 11) is 3.13. The normalized spacial score (nSPS) is 10.6. The molecule has 6 nitrogen and oxygen atoms in total. The maximum absolute atomic E-state index is 12.4. The van der Waals surface area contributed by atoms with Gasteiger partial charge in [-0.2, -0.15) is 0 Å². The molecule has 2 aromatic carbocycles. The van der Waals surface area contributed by atoms with Gasteiger partial charge in [-0.15, -0.1) is 0 Å². The third kappa shape index (κ3) is 5.36. The zero-order chi connectivity index (χ0) is 20.5. The quantitative estimate of drug-likeness (QED) is 0.705. The van der Waals surface area contributed by atoms with E-state index >= 15 is 0 Å². The molecule has 2 amide bonds. The predicted molar refractivity (Wildman–Crippen MR) is 111 cm³/mol. The Morgan fingerprint density at radius 1 is 1.00 bits per heavy atom. The molecule has 6 heteroatoms. The minimum Gasteiger partial charge on any atom is -0.493 e. The number of carbonyl (C=O) groups excluding carboxylic acids is 2. The maximum atomic E-state index is 12.4. The fourth-order valence-corrected chi connectivity index (χ4v) is 2.74. The van der Waals surface area contributed by atoms with Crippen LogP contribution < -0.4 is 14.8 Å². The fraction of sp³-hybridized carbons (Fsp3) is 0.273. The molecule has 0 atom stereocenters. The van der Waals surface area contributed by atoms with E-state index in [1.807, 2.05) is 19.9 Å². The molecule has 2 rings (SSSR count). The molecule has 0 spiro atoms. The number of amides is 2. The van der Waals surface area contributed by atoms with Crippen LogP contribution in [-0.4, -0.2) is 44.0 Å². The van der Waals surface area contributed by atoms with Crippen molar-refractivity contribution >= 4 is 23.6 Å². The lowest BCUT2D eigenvalue weighted by Gasteiger charge is -2.18. The molecule has 0 aromatic heterocycles. The highest BCUT2D eigenvalue weighted by Gasteiger charge is 2.13. The van der Waals surface area contributed by atoms with E-state index in [0.29, 0.717) is 35.8 Å². The van der Waals surface area contributed by atoms with Gasteiger partial charge in [-0.25, -0.2) is 0 Å². The van der Waals surface area contributed by atoms with Gasteiger partial charge in [0.2, 0.25) is 5.91 Å². The van der Waals surface area contributed by atoms with Crippen LogP contribution in [0.5, 0.6) is 11.5 Å². The highest BCUT2D eigenvalue weighted by atomic mass is 16.5. The molecule has 0 unspecified atom stereocenters. The number of ether oxygens (including phenoxy) is 2. The van der Waals surface area contributed by atoms with Gasteiger partial charge in [-0.05, 0) is 55.8 Å². The van der Waals surface area contributed by atoms with Crippen molar-refractivity contribution in [3.63, 3.8) is 0 Å². The molecule has 0 radical (unpaired) electrons. The van der Waals surface area contributed by atoms with Crippen LogP contribution in [0, 0.1) is 0 Å². The predicted octanol–water partition coefficient (Wildman–Crippen LogP) is 3.84. The molecule has 2 aromatic rings. The first kappa shape index (κ1) is 21.0. The molecule has 0 aliphatic carbocycles. The monoisotopic (exact) mass is 382 g/mol. The first-order valence-electron chi connectivity index (χ1n) is 9.12.